The number of carbonyl (C=O) groups is 1. The first kappa shape index (κ1) is 12.5. The fourth-order valence-electron chi connectivity index (χ4n) is 1.59. The maximum Gasteiger partial charge on any atom is 0.431 e. The van der Waals surface area contributed by atoms with E-state index in [0.29, 0.717) is 12.8 Å². The van der Waals surface area contributed by atoms with E-state index < -0.39 is 18.0 Å². The topological polar surface area (TPSA) is 75.7 Å². The molecule has 0 radical (unpaired) electrons. The van der Waals surface area contributed by atoms with E-state index in [1.54, 1.807) is 0 Å². The highest BCUT2D eigenvalue weighted by Crippen LogP contribution is 2.30. The molecule has 0 spiro atoms. The molecule has 0 bridgehead atoms. The molecule has 1 saturated carbocycles. The molecule has 0 unspecified atom stereocenters. The van der Waals surface area contributed by atoms with E-state index in [0.717, 1.165) is 0 Å². The maximum absolute atomic E-state index is 12.4. The second-order valence-corrected chi connectivity index (χ2v) is 3.44. The van der Waals surface area contributed by atoms with E-state index in [9.17, 15) is 18.0 Å². The minimum Gasteiger partial charge on any atom is -0.463 e. The summed E-state index contributed by atoms with van der Waals surface area (Å²) < 4.78 is 37.1. The van der Waals surface area contributed by atoms with Gasteiger partial charge in [0.2, 0.25) is 0 Å². The molecule has 0 aliphatic heterocycles. The van der Waals surface area contributed by atoms with E-state index in [4.69, 9.17) is 10.8 Å². The van der Waals surface area contributed by atoms with Crippen molar-refractivity contribution >= 4 is 11.8 Å². The van der Waals surface area contributed by atoms with Crippen molar-refractivity contribution < 1.29 is 23.1 Å². The summed E-state index contributed by atoms with van der Waals surface area (Å²) >= 11 is 0. The lowest BCUT2D eigenvalue weighted by Gasteiger charge is -2.20. The summed E-state index contributed by atoms with van der Waals surface area (Å²) in [4.78, 5) is 13.5. The molecule has 0 aromatic heterocycles. The summed E-state index contributed by atoms with van der Waals surface area (Å²) in [6.45, 7) is 0. The summed E-state index contributed by atoms with van der Waals surface area (Å²) in [7, 11) is 0. The number of alkyl halides is 3. The predicted octanol–water partition coefficient (Wildman–Crippen LogP) is 2.45. The Morgan fingerprint density at radius 2 is 1.88 bits per heavy atom. The fourth-order valence-corrected chi connectivity index (χ4v) is 1.59. The van der Waals surface area contributed by atoms with Crippen LogP contribution in [0.5, 0.6) is 0 Å². The SMILES string of the molecule is NC(=C1CCCCC1=NC(=O)O)C(F)(F)F. The van der Waals surface area contributed by atoms with Crippen LogP contribution in [-0.2, 0) is 0 Å². The van der Waals surface area contributed by atoms with E-state index in [1.807, 2.05) is 0 Å². The van der Waals surface area contributed by atoms with Crippen LogP contribution in [0.15, 0.2) is 16.3 Å². The Hall–Kier alpha value is -1.53. The summed E-state index contributed by atoms with van der Waals surface area (Å²) in [5.74, 6) is 0. The molecule has 1 fully saturated rings. The number of hydrogen-bond acceptors (Lipinski definition) is 2. The molecule has 1 amide bonds. The second kappa shape index (κ2) is 4.54. The molecule has 1 rings (SSSR count). The van der Waals surface area contributed by atoms with E-state index in [1.165, 1.54) is 0 Å². The first-order valence-corrected chi connectivity index (χ1v) is 4.69. The van der Waals surface area contributed by atoms with Gasteiger partial charge in [-0.15, -0.1) is 0 Å². The molecule has 7 heteroatoms. The van der Waals surface area contributed by atoms with Gasteiger partial charge in [0.05, 0.1) is 5.71 Å². The van der Waals surface area contributed by atoms with Gasteiger partial charge in [0.15, 0.2) is 0 Å². The van der Waals surface area contributed by atoms with Crippen LogP contribution in [0.2, 0.25) is 0 Å². The standard InChI is InChI=1S/C9H11F3N2O2/c10-9(11,12)7(13)5-3-1-2-4-6(5)14-8(15)16/h1-4,13H2,(H,15,16). The Morgan fingerprint density at radius 3 is 2.38 bits per heavy atom. The lowest BCUT2D eigenvalue weighted by molar-refractivity contribution is -0.0933. The number of nitrogens with two attached hydrogens (primary N) is 1. The molecule has 1 aliphatic carbocycles. The van der Waals surface area contributed by atoms with Gasteiger partial charge in [0.25, 0.3) is 0 Å². The van der Waals surface area contributed by atoms with Crippen LogP contribution in [-0.4, -0.2) is 23.1 Å². The van der Waals surface area contributed by atoms with Crippen molar-refractivity contribution in [3.8, 4) is 0 Å². The average Bonchev–Trinajstić information content (AvgIpc) is 2.15. The number of halogens is 3. The molecule has 0 saturated heterocycles. The number of hydrogen-bond donors (Lipinski definition) is 2. The van der Waals surface area contributed by atoms with Crippen molar-refractivity contribution in [2.75, 3.05) is 0 Å². The van der Waals surface area contributed by atoms with Crippen LogP contribution in [0, 0.1) is 0 Å². The first-order chi connectivity index (χ1) is 7.32. The number of nitrogens with zero attached hydrogens (tertiary/aromatic N) is 1. The molecule has 0 aromatic carbocycles. The molecule has 3 N–H and O–H groups in total. The van der Waals surface area contributed by atoms with Crippen LogP contribution in [0.3, 0.4) is 0 Å². The molecule has 0 heterocycles. The normalized spacial score (nSPS) is 23.3. The lowest BCUT2D eigenvalue weighted by Crippen LogP contribution is -2.26. The molecule has 1 aliphatic rings. The number of rotatable bonds is 0. The summed E-state index contributed by atoms with van der Waals surface area (Å²) in [6, 6.07) is 0. The van der Waals surface area contributed by atoms with Gasteiger partial charge in [-0.25, -0.2) is 4.79 Å². The van der Waals surface area contributed by atoms with E-state index in [2.05, 4.69) is 4.99 Å². The molecule has 90 valence electrons. The van der Waals surface area contributed by atoms with Crippen molar-refractivity contribution in [1.82, 2.24) is 0 Å². The van der Waals surface area contributed by atoms with Crippen molar-refractivity contribution in [1.29, 1.82) is 0 Å². The smallest absolute Gasteiger partial charge is 0.431 e. The van der Waals surface area contributed by atoms with Gasteiger partial charge in [-0.05, 0) is 25.7 Å². The largest absolute Gasteiger partial charge is 0.463 e. The molecule has 0 atom stereocenters. The lowest BCUT2D eigenvalue weighted by atomic mass is 9.91. The Labute approximate surface area is 89.7 Å². The second-order valence-electron chi connectivity index (χ2n) is 3.44. The summed E-state index contributed by atoms with van der Waals surface area (Å²) in [6.07, 6.45) is -4.60. The predicted molar refractivity (Wildman–Crippen MR) is 51.2 cm³/mol. The number of amides is 1. The third-order valence-electron chi connectivity index (χ3n) is 2.30. The van der Waals surface area contributed by atoms with Crippen molar-refractivity contribution in [3.05, 3.63) is 11.3 Å². The van der Waals surface area contributed by atoms with Gasteiger partial charge in [-0.2, -0.15) is 18.2 Å². The molecular weight excluding hydrogens is 225 g/mol. The van der Waals surface area contributed by atoms with Gasteiger partial charge in [-0.3, -0.25) is 0 Å². The maximum atomic E-state index is 12.4. The molecule has 16 heavy (non-hydrogen) atoms. The van der Waals surface area contributed by atoms with Gasteiger partial charge in [-0.1, -0.05) is 0 Å². The Morgan fingerprint density at radius 1 is 1.31 bits per heavy atom. The Kier molecular flexibility index (Phi) is 3.56. The van der Waals surface area contributed by atoms with Crippen molar-refractivity contribution in [3.63, 3.8) is 0 Å². The van der Waals surface area contributed by atoms with E-state index in [-0.39, 0.29) is 24.1 Å². The monoisotopic (exact) mass is 236 g/mol. The summed E-state index contributed by atoms with van der Waals surface area (Å²) in [5.41, 5.74) is 3.50. The van der Waals surface area contributed by atoms with Crippen LogP contribution >= 0.6 is 0 Å². The van der Waals surface area contributed by atoms with Gasteiger partial charge in [0, 0.05) is 5.57 Å². The zero-order valence-electron chi connectivity index (χ0n) is 8.34. The number of aliphatic imine (C=N–C) groups is 1. The highest BCUT2D eigenvalue weighted by Gasteiger charge is 2.35. The summed E-state index contributed by atoms with van der Waals surface area (Å²) in [5, 5.41) is 8.44. The Balaban J connectivity index is 3.13. The number of allylic oxidation sites excluding steroid dienone is 2. The minimum atomic E-state index is -4.63. The van der Waals surface area contributed by atoms with Crippen LogP contribution in [0.4, 0.5) is 18.0 Å². The quantitative estimate of drug-likeness (QED) is 0.678. The fraction of sp³-hybridized carbons (Fsp3) is 0.556. The third kappa shape index (κ3) is 2.98. The zero-order valence-corrected chi connectivity index (χ0v) is 8.34. The van der Waals surface area contributed by atoms with Crippen molar-refractivity contribution in [2.24, 2.45) is 10.7 Å². The molecular formula is C9H11F3N2O2. The molecule has 4 nitrogen and oxygen atoms in total. The Bertz CT molecular complexity index is 358. The van der Waals surface area contributed by atoms with Crippen LogP contribution < -0.4 is 5.73 Å². The molecule has 0 aromatic rings. The highest BCUT2D eigenvalue weighted by molar-refractivity contribution is 6.05. The van der Waals surface area contributed by atoms with Crippen LogP contribution in [0.25, 0.3) is 0 Å². The zero-order chi connectivity index (χ0) is 12.3. The minimum absolute atomic E-state index is 0.0615. The average molecular weight is 236 g/mol. The highest BCUT2D eigenvalue weighted by atomic mass is 19.4. The third-order valence-corrected chi connectivity index (χ3v) is 2.30. The van der Waals surface area contributed by atoms with Crippen molar-refractivity contribution in [2.45, 2.75) is 31.9 Å². The number of carboxylic acid groups (broad SMARTS) is 1. The van der Waals surface area contributed by atoms with Gasteiger partial charge in [0.1, 0.15) is 5.70 Å². The van der Waals surface area contributed by atoms with Gasteiger partial charge < -0.3 is 10.8 Å². The van der Waals surface area contributed by atoms with Gasteiger partial charge >= 0.3 is 12.3 Å². The van der Waals surface area contributed by atoms with Crippen LogP contribution in [0.1, 0.15) is 25.7 Å². The first-order valence-electron chi connectivity index (χ1n) is 4.69. The van der Waals surface area contributed by atoms with E-state index >= 15 is 0 Å².